The standard InChI is InChI=1S/C14H17NO3S/c16-13-9-11-5-4-6-12(10-13)15(11)19(17,18)14-7-2-1-3-8-14/h1-3,7-8,11-12H,4-6,9-10H2/t11-,12+. The third-order valence-corrected chi connectivity index (χ3v) is 6.06. The number of hydrogen-bond donors (Lipinski definition) is 0. The molecule has 2 fully saturated rings. The lowest BCUT2D eigenvalue weighted by atomic mass is 9.86. The van der Waals surface area contributed by atoms with E-state index in [9.17, 15) is 13.2 Å². The number of carbonyl (C=O) groups excluding carboxylic acids is 1. The molecular weight excluding hydrogens is 262 g/mol. The van der Waals surface area contributed by atoms with Gasteiger partial charge in [-0.25, -0.2) is 8.42 Å². The van der Waals surface area contributed by atoms with E-state index in [0.717, 1.165) is 19.3 Å². The second kappa shape index (κ2) is 4.72. The lowest BCUT2D eigenvalue weighted by molar-refractivity contribution is -0.124. The first-order chi connectivity index (χ1) is 9.09. The number of nitrogens with zero attached hydrogens (tertiary/aromatic N) is 1. The highest BCUT2D eigenvalue weighted by Gasteiger charge is 2.44. The fourth-order valence-corrected chi connectivity index (χ4v) is 5.13. The van der Waals surface area contributed by atoms with Gasteiger partial charge in [0.25, 0.3) is 0 Å². The van der Waals surface area contributed by atoms with Crippen LogP contribution in [0.2, 0.25) is 0 Å². The van der Waals surface area contributed by atoms with Crippen LogP contribution in [0.15, 0.2) is 35.2 Å². The van der Waals surface area contributed by atoms with Crippen LogP contribution < -0.4 is 0 Å². The number of benzene rings is 1. The molecule has 0 radical (unpaired) electrons. The first-order valence-electron chi connectivity index (χ1n) is 6.69. The largest absolute Gasteiger partial charge is 0.300 e. The van der Waals surface area contributed by atoms with Gasteiger partial charge in [-0.3, -0.25) is 4.79 Å². The Hall–Kier alpha value is -1.20. The number of fused-ring (bicyclic) bond motifs is 2. The van der Waals surface area contributed by atoms with Crippen molar-refractivity contribution in [2.75, 3.05) is 0 Å². The van der Waals surface area contributed by atoms with Gasteiger partial charge in [-0.2, -0.15) is 4.31 Å². The molecule has 2 heterocycles. The Morgan fingerprint density at radius 3 is 2.16 bits per heavy atom. The first kappa shape index (κ1) is 12.8. The maximum atomic E-state index is 12.7. The molecule has 0 unspecified atom stereocenters. The van der Waals surface area contributed by atoms with Gasteiger partial charge in [-0.15, -0.1) is 0 Å². The topological polar surface area (TPSA) is 54.5 Å². The molecule has 102 valence electrons. The van der Waals surface area contributed by atoms with Crippen molar-refractivity contribution in [2.24, 2.45) is 0 Å². The molecule has 2 bridgehead atoms. The van der Waals surface area contributed by atoms with Gasteiger partial charge in [0.15, 0.2) is 0 Å². The summed E-state index contributed by atoms with van der Waals surface area (Å²) in [7, 11) is -3.46. The van der Waals surface area contributed by atoms with Crippen LogP contribution in [0.5, 0.6) is 0 Å². The summed E-state index contributed by atoms with van der Waals surface area (Å²) in [4.78, 5) is 12.0. The van der Waals surface area contributed by atoms with Gasteiger partial charge in [0.05, 0.1) is 4.90 Å². The quantitative estimate of drug-likeness (QED) is 0.831. The predicted octanol–water partition coefficient (Wildman–Crippen LogP) is 1.96. The Balaban J connectivity index is 1.99. The molecule has 2 aliphatic heterocycles. The van der Waals surface area contributed by atoms with Crippen LogP contribution in [0.3, 0.4) is 0 Å². The minimum absolute atomic E-state index is 0.134. The van der Waals surface area contributed by atoms with Gasteiger partial charge in [-0.1, -0.05) is 24.6 Å². The maximum Gasteiger partial charge on any atom is 0.243 e. The highest BCUT2D eigenvalue weighted by Crippen LogP contribution is 2.36. The number of hydrogen-bond acceptors (Lipinski definition) is 3. The van der Waals surface area contributed by atoms with Crippen LogP contribution in [-0.2, 0) is 14.8 Å². The van der Waals surface area contributed by atoms with Gasteiger partial charge in [-0.05, 0) is 25.0 Å². The lowest BCUT2D eigenvalue weighted by Gasteiger charge is -2.44. The molecule has 0 aromatic heterocycles. The summed E-state index contributed by atoms with van der Waals surface area (Å²) < 4.78 is 27.0. The van der Waals surface area contributed by atoms with Crippen molar-refractivity contribution < 1.29 is 13.2 Å². The van der Waals surface area contributed by atoms with E-state index in [4.69, 9.17) is 0 Å². The van der Waals surface area contributed by atoms with Crippen molar-refractivity contribution in [3.05, 3.63) is 30.3 Å². The molecule has 0 saturated carbocycles. The summed E-state index contributed by atoms with van der Waals surface area (Å²) >= 11 is 0. The molecule has 0 aliphatic carbocycles. The van der Waals surface area contributed by atoms with Crippen LogP contribution in [0.25, 0.3) is 0 Å². The Morgan fingerprint density at radius 1 is 1.00 bits per heavy atom. The molecular formula is C14H17NO3S. The number of rotatable bonds is 2. The molecule has 4 nitrogen and oxygen atoms in total. The first-order valence-corrected chi connectivity index (χ1v) is 8.13. The second-order valence-electron chi connectivity index (χ2n) is 5.33. The summed E-state index contributed by atoms with van der Waals surface area (Å²) in [6, 6.07) is 8.26. The zero-order chi connectivity index (χ0) is 13.5. The summed E-state index contributed by atoms with van der Waals surface area (Å²) in [5.74, 6) is 0.203. The SMILES string of the molecule is O=C1C[C@H]2CCC[C@@H](C1)N2S(=O)(=O)c1ccccc1. The zero-order valence-electron chi connectivity index (χ0n) is 10.7. The van der Waals surface area contributed by atoms with E-state index in [1.165, 1.54) is 0 Å². The van der Waals surface area contributed by atoms with E-state index < -0.39 is 10.0 Å². The number of Topliss-reactive ketones (excluding diaryl/α,β-unsaturated/α-hetero) is 1. The Labute approximate surface area is 113 Å². The van der Waals surface area contributed by atoms with Crippen LogP contribution >= 0.6 is 0 Å². The molecule has 0 spiro atoms. The van der Waals surface area contributed by atoms with Gasteiger partial charge in [0.1, 0.15) is 5.78 Å². The van der Waals surface area contributed by atoms with E-state index in [0.29, 0.717) is 17.7 Å². The zero-order valence-corrected chi connectivity index (χ0v) is 11.5. The van der Waals surface area contributed by atoms with Crippen LogP contribution in [0.4, 0.5) is 0 Å². The number of carbonyl (C=O) groups is 1. The molecule has 2 atom stereocenters. The van der Waals surface area contributed by atoms with Crippen molar-refractivity contribution in [1.29, 1.82) is 0 Å². The number of piperidine rings is 2. The Kier molecular flexibility index (Phi) is 3.19. The third kappa shape index (κ3) is 2.21. The average molecular weight is 279 g/mol. The van der Waals surface area contributed by atoms with E-state index in [-0.39, 0.29) is 17.9 Å². The fourth-order valence-electron chi connectivity index (χ4n) is 3.24. The molecule has 19 heavy (non-hydrogen) atoms. The van der Waals surface area contributed by atoms with Gasteiger partial charge in [0, 0.05) is 24.9 Å². The predicted molar refractivity (Wildman–Crippen MR) is 71.1 cm³/mol. The van der Waals surface area contributed by atoms with Crippen molar-refractivity contribution in [3.63, 3.8) is 0 Å². The summed E-state index contributed by atoms with van der Waals surface area (Å²) in [6.45, 7) is 0. The van der Waals surface area contributed by atoms with Gasteiger partial charge in [0.2, 0.25) is 10.0 Å². The highest BCUT2D eigenvalue weighted by molar-refractivity contribution is 7.89. The molecule has 5 heteroatoms. The highest BCUT2D eigenvalue weighted by atomic mass is 32.2. The number of ketones is 1. The molecule has 0 N–H and O–H groups in total. The monoisotopic (exact) mass is 279 g/mol. The van der Waals surface area contributed by atoms with Crippen LogP contribution in [-0.4, -0.2) is 30.6 Å². The minimum Gasteiger partial charge on any atom is -0.300 e. The van der Waals surface area contributed by atoms with E-state index in [1.807, 2.05) is 0 Å². The molecule has 1 aromatic rings. The summed E-state index contributed by atoms with van der Waals surface area (Å²) in [5.41, 5.74) is 0. The molecule has 1 aromatic carbocycles. The van der Waals surface area contributed by atoms with Crippen molar-refractivity contribution in [1.82, 2.24) is 4.31 Å². The summed E-state index contributed by atoms with van der Waals surface area (Å²) in [5, 5.41) is 0. The molecule has 3 rings (SSSR count). The van der Waals surface area contributed by atoms with E-state index >= 15 is 0 Å². The normalized spacial score (nSPS) is 28.3. The smallest absolute Gasteiger partial charge is 0.243 e. The van der Waals surface area contributed by atoms with Crippen molar-refractivity contribution in [3.8, 4) is 0 Å². The fraction of sp³-hybridized carbons (Fsp3) is 0.500. The number of sulfonamides is 1. The third-order valence-electron chi connectivity index (χ3n) is 4.04. The van der Waals surface area contributed by atoms with Gasteiger partial charge >= 0.3 is 0 Å². The van der Waals surface area contributed by atoms with Crippen molar-refractivity contribution >= 4 is 15.8 Å². The minimum atomic E-state index is -3.46. The average Bonchev–Trinajstić information content (AvgIpc) is 2.38. The van der Waals surface area contributed by atoms with E-state index in [2.05, 4.69) is 0 Å². The molecule has 0 amide bonds. The van der Waals surface area contributed by atoms with Crippen LogP contribution in [0.1, 0.15) is 32.1 Å². The van der Waals surface area contributed by atoms with Gasteiger partial charge < -0.3 is 0 Å². The lowest BCUT2D eigenvalue weighted by Crippen LogP contribution is -2.54. The summed E-state index contributed by atoms with van der Waals surface area (Å²) in [6.07, 6.45) is 3.37. The van der Waals surface area contributed by atoms with E-state index in [1.54, 1.807) is 34.6 Å². The molecule has 2 saturated heterocycles. The van der Waals surface area contributed by atoms with Crippen LogP contribution in [0, 0.1) is 0 Å². The molecule has 2 aliphatic rings. The second-order valence-corrected chi connectivity index (χ2v) is 7.18. The Bertz CT molecular complexity index is 566. The van der Waals surface area contributed by atoms with Crippen molar-refractivity contribution in [2.45, 2.75) is 49.1 Å². The maximum absolute atomic E-state index is 12.7. The Morgan fingerprint density at radius 2 is 1.58 bits per heavy atom.